The second kappa shape index (κ2) is 3.12. The Morgan fingerprint density at radius 3 is 3.00 bits per heavy atom. The fourth-order valence-electron chi connectivity index (χ4n) is 0.646. The molecule has 3 N–H and O–H groups in total. The molecular weight excluding hydrogens is 128 g/mol. The van der Waals surface area contributed by atoms with Gasteiger partial charge in [0, 0.05) is 19.7 Å². The summed E-state index contributed by atoms with van der Waals surface area (Å²) < 4.78 is 0. The van der Waals surface area contributed by atoms with Gasteiger partial charge < -0.3 is 11.1 Å². The first-order valence-corrected chi connectivity index (χ1v) is 3.05. The quantitative estimate of drug-likeness (QED) is 0.602. The molecule has 1 heterocycles. The van der Waals surface area contributed by atoms with E-state index in [1.165, 1.54) is 6.33 Å². The minimum absolute atomic E-state index is 0.456. The van der Waals surface area contributed by atoms with Crippen molar-refractivity contribution in [1.82, 2.24) is 9.97 Å². The molecule has 4 nitrogen and oxygen atoms in total. The van der Waals surface area contributed by atoms with Crippen molar-refractivity contribution < 1.29 is 0 Å². The van der Waals surface area contributed by atoms with Crippen LogP contribution in [0.3, 0.4) is 0 Å². The molecule has 10 heavy (non-hydrogen) atoms. The van der Waals surface area contributed by atoms with Crippen LogP contribution in [0.4, 0.5) is 5.82 Å². The molecule has 0 saturated heterocycles. The summed E-state index contributed by atoms with van der Waals surface area (Å²) in [5.41, 5.74) is 6.20. The van der Waals surface area contributed by atoms with Crippen molar-refractivity contribution in [2.45, 2.75) is 6.54 Å². The monoisotopic (exact) mass is 138 g/mol. The first-order chi connectivity index (χ1) is 4.86. The Morgan fingerprint density at radius 2 is 2.40 bits per heavy atom. The van der Waals surface area contributed by atoms with E-state index < -0.39 is 0 Å². The Morgan fingerprint density at radius 1 is 1.60 bits per heavy atom. The normalized spacial score (nSPS) is 9.40. The number of anilines is 1. The third-order valence-corrected chi connectivity index (χ3v) is 1.19. The third kappa shape index (κ3) is 1.41. The van der Waals surface area contributed by atoms with Gasteiger partial charge in [-0.3, -0.25) is 0 Å². The molecule has 0 saturated carbocycles. The number of nitrogens with one attached hydrogen (secondary N) is 1. The standard InChI is InChI=1S/C6H10N4/c1-8-6-2-5(3-7)9-4-10-6/h2,4H,3,7H2,1H3,(H,8,9,10). The summed E-state index contributed by atoms with van der Waals surface area (Å²) in [4.78, 5) is 7.86. The van der Waals surface area contributed by atoms with Crippen molar-refractivity contribution >= 4 is 5.82 Å². The fourth-order valence-corrected chi connectivity index (χ4v) is 0.646. The van der Waals surface area contributed by atoms with E-state index in [2.05, 4.69) is 15.3 Å². The average molecular weight is 138 g/mol. The lowest BCUT2D eigenvalue weighted by atomic mass is 10.4. The molecule has 0 aliphatic carbocycles. The van der Waals surface area contributed by atoms with Gasteiger partial charge in [0.1, 0.15) is 12.1 Å². The van der Waals surface area contributed by atoms with Gasteiger partial charge in [-0.15, -0.1) is 0 Å². The van der Waals surface area contributed by atoms with Crippen molar-refractivity contribution in [2.24, 2.45) is 5.73 Å². The van der Waals surface area contributed by atoms with Gasteiger partial charge in [-0.2, -0.15) is 0 Å². The zero-order valence-corrected chi connectivity index (χ0v) is 5.83. The summed E-state index contributed by atoms with van der Waals surface area (Å²) in [6.07, 6.45) is 1.49. The van der Waals surface area contributed by atoms with Crippen molar-refractivity contribution in [3.05, 3.63) is 18.1 Å². The summed E-state index contributed by atoms with van der Waals surface area (Å²) >= 11 is 0. The predicted octanol–water partition coefficient (Wildman–Crippen LogP) is -0.0230. The number of aromatic nitrogens is 2. The number of hydrogen-bond acceptors (Lipinski definition) is 4. The van der Waals surface area contributed by atoms with Crippen molar-refractivity contribution in [2.75, 3.05) is 12.4 Å². The Kier molecular flexibility index (Phi) is 2.17. The molecule has 1 rings (SSSR count). The van der Waals surface area contributed by atoms with Crippen molar-refractivity contribution in [3.8, 4) is 0 Å². The molecule has 1 aromatic rings. The average Bonchev–Trinajstić information content (AvgIpc) is 2.05. The van der Waals surface area contributed by atoms with E-state index >= 15 is 0 Å². The van der Waals surface area contributed by atoms with Crippen molar-refractivity contribution in [3.63, 3.8) is 0 Å². The topological polar surface area (TPSA) is 63.8 Å². The maximum atomic E-state index is 5.36. The van der Waals surface area contributed by atoms with E-state index in [-0.39, 0.29) is 0 Å². The Hall–Kier alpha value is -1.16. The molecule has 4 heteroatoms. The first-order valence-electron chi connectivity index (χ1n) is 3.05. The zero-order valence-electron chi connectivity index (χ0n) is 5.83. The fraction of sp³-hybridized carbons (Fsp3) is 0.333. The summed E-state index contributed by atoms with van der Waals surface area (Å²) in [6, 6.07) is 1.82. The molecule has 0 radical (unpaired) electrons. The van der Waals surface area contributed by atoms with Gasteiger partial charge in [-0.25, -0.2) is 9.97 Å². The molecule has 0 spiro atoms. The lowest BCUT2D eigenvalue weighted by Gasteiger charge is -1.98. The van der Waals surface area contributed by atoms with Gasteiger partial charge in [0.05, 0.1) is 5.69 Å². The summed E-state index contributed by atoms with van der Waals surface area (Å²) in [6.45, 7) is 0.456. The molecular formula is C6H10N4. The van der Waals surface area contributed by atoms with Gasteiger partial charge in [0.15, 0.2) is 0 Å². The molecule has 54 valence electrons. The highest BCUT2D eigenvalue weighted by Crippen LogP contribution is 2.00. The number of nitrogens with two attached hydrogens (primary N) is 1. The highest BCUT2D eigenvalue weighted by molar-refractivity contribution is 5.33. The minimum Gasteiger partial charge on any atom is -0.373 e. The van der Waals surface area contributed by atoms with E-state index in [4.69, 9.17) is 5.73 Å². The zero-order chi connectivity index (χ0) is 7.40. The van der Waals surface area contributed by atoms with Crippen LogP contribution in [0.2, 0.25) is 0 Å². The Balaban J connectivity index is 2.87. The minimum atomic E-state index is 0.456. The Labute approximate surface area is 59.5 Å². The van der Waals surface area contributed by atoms with Gasteiger partial charge in [-0.05, 0) is 0 Å². The number of hydrogen-bond donors (Lipinski definition) is 2. The van der Waals surface area contributed by atoms with Crippen LogP contribution in [-0.4, -0.2) is 17.0 Å². The lowest BCUT2D eigenvalue weighted by Crippen LogP contribution is -2.01. The molecule has 0 aliphatic heterocycles. The predicted molar refractivity (Wildman–Crippen MR) is 39.5 cm³/mol. The highest BCUT2D eigenvalue weighted by atomic mass is 15.0. The van der Waals surface area contributed by atoms with Crippen LogP contribution in [0.15, 0.2) is 12.4 Å². The van der Waals surface area contributed by atoms with Gasteiger partial charge in [0.25, 0.3) is 0 Å². The van der Waals surface area contributed by atoms with Gasteiger partial charge >= 0.3 is 0 Å². The molecule has 0 bridgehead atoms. The van der Waals surface area contributed by atoms with E-state index in [1.807, 2.05) is 13.1 Å². The molecule has 0 aromatic carbocycles. The second-order valence-corrected chi connectivity index (χ2v) is 1.85. The highest BCUT2D eigenvalue weighted by Gasteiger charge is 1.91. The van der Waals surface area contributed by atoms with Crippen molar-refractivity contribution in [1.29, 1.82) is 0 Å². The van der Waals surface area contributed by atoms with E-state index in [1.54, 1.807) is 0 Å². The lowest BCUT2D eigenvalue weighted by molar-refractivity contribution is 0.965. The molecule has 0 aliphatic rings. The summed E-state index contributed by atoms with van der Waals surface area (Å²) in [5.74, 6) is 0.801. The SMILES string of the molecule is CNc1cc(CN)ncn1. The van der Waals surface area contributed by atoms with Crippen LogP contribution in [0, 0.1) is 0 Å². The van der Waals surface area contributed by atoms with E-state index in [0.29, 0.717) is 6.54 Å². The van der Waals surface area contributed by atoms with Gasteiger partial charge in [-0.1, -0.05) is 0 Å². The van der Waals surface area contributed by atoms with Crippen LogP contribution in [-0.2, 0) is 6.54 Å². The smallest absolute Gasteiger partial charge is 0.129 e. The molecule has 0 fully saturated rings. The second-order valence-electron chi connectivity index (χ2n) is 1.85. The first kappa shape index (κ1) is 6.95. The maximum absolute atomic E-state index is 5.36. The summed E-state index contributed by atoms with van der Waals surface area (Å²) in [7, 11) is 1.81. The van der Waals surface area contributed by atoms with Crippen LogP contribution in [0.5, 0.6) is 0 Å². The number of rotatable bonds is 2. The largest absolute Gasteiger partial charge is 0.373 e. The third-order valence-electron chi connectivity index (χ3n) is 1.19. The van der Waals surface area contributed by atoms with Crippen LogP contribution < -0.4 is 11.1 Å². The van der Waals surface area contributed by atoms with Crippen LogP contribution >= 0.6 is 0 Å². The Bertz CT molecular complexity index is 191. The molecule has 0 atom stereocenters. The number of nitrogens with zero attached hydrogens (tertiary/aromatic N) is 2. The van der Waals surface area contributed by atoms with Crippen LogP contribution in [0.1, 0.15) is 5.69 Å². The molecule has 1 aromatic heterocycles. The van der Waals surface area contributed by atoms with Crippen LogP contribution in [0.25, 0.3) is 0 Å². The molecule has 0 unspecified atom stereocenters. The van der Waals surface area contributed by atoms with E-state index in [0.717, 1.165) is 11.5 Å². The van der Waals surface area contributed by atoms with Gasteiger partial charge in [0.2, 0.25) is 0 Å². The summed E-state index contributed by atoms with van der Waals surface area (Å²) in [5, 5.41) is 2.90. The molecule has 0 amide bonds. The van der Waals surface area contributed by atoms with E-state index in [9.17, 15) is 0 Å². The maximum Gasteiger partial charge on any atom is 0.129 e.